The number of hydrogen-bond donors (Lipinski definition) is 2. The smallest absolute Gasteiger partial charge is 0.325 e. The van der Waals surface area contributed by atoms with Crippen molar-refractivity contribution in [2.24, 2.45) is 0 Å². The fraction of sp³-hybridized carbons (Fsp3) is 0.167. The number of fused-ring (bicyclic) bond motifs is 1. The minimum atomic E-state index is -0.347. The molecular weight excluding hydrogens is 304 g/mol. The highest BCUT2D eigenvalue weighted by atomic mass is 16.5. The number of benzene rings is 2. The molecule has 1 aromatic heterocycles. The van der Waals surface area contributed by atoms with E-state index in [1.807, 2.05) is 42.5 Å². The van der Waals surface area contributed by atoms with E-state index in [-0.39, 0.29) is 12.5 Å². The van der Waals surface area contributed by atoms with Gasteiger partial charge < -0.3 is 15.8 Å². The van der Waals surface area contributed by atoms with Gasteiger partial charge in [-0.25, -0.2) is 9.97 Å². The lowest BCUT2D eigenvalue weighted by atomic mass is 10.1. The van der Waals surface area contributed by atoms with Gasteiger partial charge in [-0.15, -0.1) is 0 Å². The van der Waals surface area contributed by atoms with E-state index in [1.165, 1.54) is 0 Å². The molecule has 0 unspecified atom stereocenters. The lowest BCUT2D eigenvalue weighted by Crippen LogP contribution is -2.18. The van der Waals surface area contributed by atoms with Crippen LogP contribution in [0.5, 0.6) is 0 Å². The van der Waals surface area contributed by atoms with Crippen LogP contribution in [-0.4, -0.2) is 29.1 Å². The van der Waals surface area contributed by atoms with Crippen LogP contribution in [0.15, 0.2) is 48.5 Å². The molecule has 0 aliphatic carbocycles. The molecule has 6 nitrogen and oxygen atoms in total. The van der Waals surface area contributed by atoms with Gasteiger partial charge in [0.05, 0.1) is 17.8 Å². The summed E-state index contributed by atoms with van der Waals surface area (Å²) in [5.74, 6) is 0.0268. The fourth-order valence-electron chi connectivity index (χ4n) is 2.40. The molecule has 0 spiro atoms. The molecule has 3 aromatic rings. The molecule has 3 rings (SSSR count). The number of nitrogens with zero attached hydrogens (tertiary/aromatic N) is 2. The molecule has 0 saturated heterocycles. The fourth-order valence-corrected chi connectivity index (χ4v) is 2.40. The Morgan fingerprint density at radius 1 is 1.17 bits per heavy atom. The van der Waals surface area contributed by atoms with Crippen molar-refractivity contribution in [2.75, 3.05) is 24.2 Å². The monoisotopic (exact) mass is 322 g/mol. The van der Waals surface area contributed by atoms with Crippen molar-refractivity contribution in [1.82, 2.24) is 9.97 Å². The molecule has 0 amide bonds. The van der Waals surface area contributed by atoms with Crippen molar-refractivity contribution in [2.45, 2.75) is 6.92 Å². The molecule has 1 heterocycles. The van der Waals surface area contributed by atoms with Crippen molar-refractivity contribution in [1.29, 1.82) is 0 Å². The minimum Gasteiger partial charge on any atom is -0.465 e. The van der Waals surface area contributed by atoms with Crippen LogP contribution >= 0.6 is 0 Å². The molecule has 0 bridgehead atoms. The van der Waals surface area contributed by atoms with Gasteiger partial charge in [0.15, 0.2) is 0 Å². The summed E-state index contributed by atoms with van der Waals surface area (Å²) >= 11 is 0. The molecule has 0 saturated carbocycles. The molecule has 24 heavy (non-hydrogen) atoms. The number of nitrogens with two attached hydrogens (primary N) is 1. The lowest BCUT2D eigenvalue weighted by Gasteiger charge is -2.10. The topological polar surface area (TPSA) is 90.1 Å². The van der Waals surface area contributed by atoms with Gasteiger partial charge >= 0.3 is 5.97 Å². The minimum absolute atomic E-state index is 0.0164. The first-order valence-corrected chi connectivity index (χ1v) is 7.69. The molecule has 0 aliphatic heterocycles. The van der Waals surface area contributed by atoms with E-state index in [1.54, 1.807) is 13.0 Å². The maximum absolute atomic E-state index is 11.5. The molecule has 3 N–H and O–H groups in total. The summed E-state index contributed by atoms with van der Waals surface area (Å²) in [6.07, 6.45) is 0. The lowest BCUT2D eigenvalue weighted by molar-refractivity contribution is -0.140. The summed E-state index contributed by atoms with van der Waals surface area (Å²) in [5, 5.41) is 3.78. The Balaban J connectivity index is 2.03. The van der Waals surface area contributed by atoms with Gasteiger partial charge in [-0.05, 0) is 25.1 Å². The van der Waals surface area contributed by atoms with Gasteiger partial charge in [-0.1, -0.05) is 30.3 Å². The predicted molar refractivity (Wildman–Crippen MR) is 94.5 cm³/mol. The number of aromatic nitrogens is 2. The Labute approximate surface area is 139 Å². The third-order valence-electron chi connectivity index (χ3n) is 3.46. The number of hydrogen-bond acceptors (Lipinski definition) is 6. The Bertz CT molecular complexity index is 866. The van der Waals surface area contributed by atoms with E-state index < -0.39 is 0 Å². The van der Waals surface area contributed by atoms with E-state index in [9.17, 15) is 4.79 Å². The molecule has 2 aromatic carbocycles. The first-order valence-electron chi connectivity index (χ1n) is 7.69. The molecule has 0 fully saturated rings. The van der Waals surface area contributed by atoms with Crippen LogP contribution < -0.4 is 11.1 Å². The van der Waals surface area contributed by atoms with E-state index >= 15 is 0 Å². The zero-order valence-corrected chi connectivity index (χ0v) is 13.3. The zero-order valence-electron chi connectivity index (χ0n) is 13.3. The largest absolute Gasteiger partial charge is 0.465 e. The first kappa shape index (κ1) is 15.7. The second kappa shape index (κ2) is 6.95. The number of nitrogen functional groups attached to an aromatic ring is 1. The zero-order chi connectivity index (χ0) is 16.9. The van der Waals surface area contributed by atoms with Crippen LogP contribution in [0.1, 0.15) is 6.92 Å². The second-order valence-electron chi connectivity index (χ2n) is 5.20. The van der Waals surface area contributed by atoms with Gasteiger partial charge in [-0.3, -0.25) is 4.79 Å². The van der Waals surface area contributed by atoms with Gasteiger partial charge in [0.2, 0.25) is 5.95 Å². The molecular formula is C18H18N4O2. The average molecular weight is 322 g/mol. The van der Waals surface area contributed by atoms with E-state index in [4.69, 9.17) is 10.5 Å². The van der Waals surface area contributed by atoms with Crippen LogP contribution in [0.25, 0.3) is 22.2 Å². The Morgan fingerprint density at radius 3 is 2.71 bits per heavy atom. The van der Waals surface area contributed by atoms with Crippen LogP contribution in [0.2, 0.25) is 0 Å². The van der Waals surface area contributed by atoms with Gasteiger partial charge in [-0.2, -0.15) is 0 Å². The highest BCUT2D eigenvalue weighted by Crippen LogP contribution is 2.28. The first-order chi connectivity index (χ1) is 11.7. The normalized spacial score (nSPS) is 10.5. The number of rotatable bonds is 5. The number of nitrogens with one attached hydrogen (secondary N) is 1. The second-order valence-corrected chi connectivity index (χ2v) is 5.20. The Kier molecular flexibility index (Phi) is 4.56. The van der Waals surface area contributed by atoms with Gasteiger partial charge in [0.25, 0.3) is 0 Å². The Morgan fingerprint density at radius 2 is 1.96 bits per heavy atom. The van der Waals surface area contributed by atoms with E-state index in [2.05, 4.69) is 15.3 Å². The molecule has 0 atom stereocenters. The van der Waals surface area contributed by atoms with Crippen molar-refractivity contribution in [3.8, 4) is 11.3 Å². The van der Waals surface area contributed by atoms with Crippen molar-refractivity contribution in [3.05, 3.63) is 48.5 Å². The summed E-state index contributed by atoms with van der Waals surface area (Å²) in [7, 11) is 0. The van der Waals surface area contributed by atoms with Crippen LogP contribution in [0.4, 0.5) is 11.6 Å². The summed E-state index contributed by atoms with van der Waals surface area (Å²) in [5.41, 5.74) is 9.03. The molecule has 0 radical (unpaired) electrons. The summed E-state index contributed by atoms with van der Waals surface area (Å²) in [4.78, 5) is 20.5. The standard InChI is InChI=1S/C18H18N4O2/c1-2-24-16(23)11-20-18-21-15-9-8-13(19)10-14(15)17(22-18)12-6-4-3-5-7-12/h3-10H,2,11,19H2,1H3,(H,20,21,22). The number of ether oxygens (including phenoxy) is 1. The van der Waals surface area contributed by atoms with Crippen LogP contribution in [0, 0.1) is 0 Å². The van der Waals surface area contributed by atoms with Gasteiger partial charge in [0, 0.05) is 16.6 Å². The SMILES string of the molecule is CCOC(=O)CNc1nc(-c2ccccc2)c2cc(N)ccc2n1. The summed E-state index contributed by atoms with van der Waals surface area (Å²) in [6, 6.07) is 15.3. The van der Waals surface area contributed by atoms with Crippen molar-refractivity contribution < 1.29 is 9.53 Å². The predicted octanol–water partition coefficient (Wildman–Crippen LogP) is 2.85. The van der Waals surface area contributed by atoms with E-state index in [0.29, 0.717) is 18.2 Å². The third-order valence-corrected chi connectivity index (χ3v) is 3.46. The number of carbonyl (C=O) groups is 1. The molecule has 6 heteroatoms. The van der Waals surface area contributed by atoms with Crippen molar-refractivity contribution >= 4 is 28.5 Å². The van der Waals surface area contributed by atoms with Crippen molar-refractivity contribution in [3.63, 3.8) is 0 Å². The van der Waals surface area contributed by atoms with Crippen LogP contribution in [-0.2, 0) is 9.53 Å². The van der Waals surface area contributed by atoms with Crippen LogP contribution in [0.3, 0.4) is 0 Å². The van der Waals surface area contributed by atoms with E-state index in [0.717, 1.165) is 22.2 Å². The Hall–Kier alpha value is -3.15. The highest BCUT2D eigenvalue weighted by molar-refractivity contribution is 5.95. The maximum atomic E-state index is 11.5. The molecule has 0 aliphatic rings. The average Bonchev–Trinajstić information content (AvgIpc) is 2.60. The summed E-state index contributed by atoms with van der Waals surface area (Å²) < 4.78 is 4.91. The van der Waals surface area contributed by atoms with Gasteiger partial charge in [0.1, 0.15) is 6.54 Å². The quantitative estimate of drug-likeness (QED) is 0.554. The molecule has 122 valence electrons. The summed E-state index contributed by atoms with van der Waals surface area (Å²) in [6.45, 7) is 2.12. The number of carbonyl (C=O) groups excluding carboxylic acids is 1. The maximum Gasteiger partial charge on any atom is 0.325 e. The highest BCUT2D eigenvalue weighted by Gasteiger charge is 2.11. The third kappa shape index (κ3) is 3.43. The number of esters is 1. The number of anilines is 2.